The van der Waals surface area contributed by atoms with Gasteiger partial charge in [-0.2, -0.15) is 5.26 Å². The summed E-state index contributed by atoms with van der Waals surface area (Å²) in [4.78, 5) is 21.2. The van der Waals surface area contributed by atoms with Gasteiger partial charge in [0.15, 0.2) is 0 Å². The van der Waals surface area contributed by atoms with Crippen LogP contribution < -0.4 is 10.6 Å². The number of nitrogens with one attached hydrogen (secondary N) is 2. The van der Waals surface area contributed by atoms with E-state index in [0.717, 1.165) is 11.3 Å². The number of anilines is 2. The lowest BCUT2D eigenvalue weighted by Crippen LogP contribution is -2.27. The number of hydrogen-bond acceptors (Lipinski definition) is 5. The van der Waals surface area contributed by atoms with Gasteiger partial charge in [0.25, 0.3) is 5.91 Å². The number of amides is 1. The Morgan fingerprint density at radius 1 is 1.07 bits per heavy atom. The van der Waals surface area contributed by atoms with Crippen molar-refractivity contribution in [1.29, 1.82) is 5.26 Å². The van der Waals surface area contributed by atoms with Crippen LogP contribution in [0.2, 0.25) is 0 Å². The maximum absolute atomic E-state index is 12.6. The minimum absolute atomic E-state index is 0.141. The Morgan fingerprint density at radius 2 is 1.85 bits per heavy atom. The van der Waals surface area contributed by atoms with Crippen molar-refractivity contribution in [3.8, 4) is 6.07 Å². The summed E-state index contributed by atoms with van der Waals surface area (Å²) in [7, 11) is 0. The van der Waals surface area contributed by atoms with E-state index >= 15 is 0 Å². The van der Waals surface area contributed by atoms with Crippen LogP contribution >= 0.6 is 0 Å². The van der Waals surface area contributed by atoms with E-state index in [-0.39, 0.29) is 17.6 Å². The molecule has 6 nitrogen and oxygen atoms in total. The molecule has 1 unspecified atom stereocenters. The molecule has 2 N–H and O–H groups in total. The topological polar surface area (TPSA) is 90.7 Å². The number of carbonyl (C=O) groups excluding carboxylic acids is 1. The maximum Gasteiger partial charge on any atom is 0.270 e. The first kappa shape index (κ1) is 18.1. The van der Waals surface area contributed by atoms with E-state index < -0.39 is 0 Å². The number of aromatic nitrogens is 2. The molecule has 0 spiro atoms. The van der Waals surface area contributed by atoms with Crippen molar-refractivity contribution >= 4 is 17.4 Å². The third-order valence-corrected chi connectivity index (χ3v) is 3.98. The van der Waals surface area contributed by atoms with E-state index in [0.29, 0.717) is 17.2 Å². The monoisotopic (exact) mass is 357 g/mol. The van der Waals surface area contributed by atoms with Crippen LogP contribution in [0.25, 0.3) is 0 Å². The number of rotatable bonds is 5. The number of benzene rings is 2. The lowest BCUT2D eigenvalue weighted by atomic mass is 10.1. The summed E-state index contributed by atoms with van der Waals surface area (Å²) in [6.07, 6.45) is 0. The summed E-state index contributed by atoms with van der Waals surface area (Å²) < 4.78 is 0. The fraction of sp³-hybridized carbons (Fsp3) is 0.143. The molecule has 3 rings (SSSR count). The van der Waals surface area contributed by atoms with Crippen LogP contribution in [0.15, 0.2) is 60.7 Å². The van der Waals surface area contributed by atoms with E-state index in [2.05, 4.69) is 26.7 Å². The molecule has 27 heavy (non-hydrogen) atoms. The quantitative estimate of drug-likeness (QED) is 0.723. The van der Waals surface area contributed by atoms with Crippen molar-refractivity contribution in [3.05, 3.63) is 83.3 Å². The molecular weight excluding hydrogens is 338 g/mol. The average molecular weight is 357 g/mol. The minimum atomic E-state index is -0.273. The molecule has 0 radical (unpaired) electrons. The van der Waals surface area contributed by atoms with E-state index in [9.17, 15) is 4.79 Å². The predicted octanol–water partition coefficient (Wildman–Crippen LogP) is 3.89. The van der Waals surface area contributed by atoms with E-state index in [1.54, 1.807) is 31.2 Å². The highest BCUT2D eigenvalue weighted by atomic mass is 16.1. The summed E-state index contributed by atoms with van der Waals surface area (Å²) in [5, 5.41) is 15.1. The fourth-order valence-electron chi connectivity index (χ4n) is 2.66. The maximum atomic E-state index is 12.6. The highest BCUT2D eigenvalue weighted by Gasteiger charge is 2.14. The number of carbonyl (C=O) groups is 1. The SMILES string of the molecule is Cc1nc(Nc2cccc(C#N)c2)cc(C(=O)NC(C)c2ccccc2)n1. The van der Waals surface area contributed by atoms with Crippen LogP contribution in [0.1, 0.15) is 40.4 Å². The molecule has 1 amide bonds. The van der Waals surface area contributed by atoms with Gasteiger partial charge in [0.1, 0.15) is 17.3 Å². The van der Waals surface area contributed by atoms with Gasteiger partial charge in [-0.1, -0.05) is 36.4 Å². The van der Waals surface area contributed by atoms with Crippen molar-refractivity contribution < 1.29 is 4.79 Å². The normalized spacial score (nSPS) is 11.3. The zero-order valence-corrected chi connectivity index (χ0v) is 15.1. The number of aryl methyl sites for hydroxylation is 1. The molecule has 0 aliphatic carbocycles. The van der Waals surface area contributed by atoms with Gasteiger partial charge in [-0.25, -0.2) is 9.97 Å². The number of nitriles is 1. The Kier molecular flexibility index (Phi) is 5.43. The first-order valence-electron chi connectivity index (χ1n) is 8.54. The molecule has 1 atom stereocenters. The fourth-order valence-corrected chi connectivity index (χ4v) is 2.66. The van der Waals surface area contributed by atoms with E-state index in [1.165, 1.54) is 0 Å². The average Bonchev–Trinajstić information content (AvgIpc) is 2.68. The van der Waals surface area contributed by atoms with Crippen LogP contribution in [0, 0.1) is 18.3 Å². The Bertz CT molecular complexity index is 995. The van der Waals surface area contributed by atoms with Crippen molar-refractivity contribution in [2.24, 2.45) is 0 Å². The molecular formula is C21H19N5O. The van der Waals surface area contributed by atoms with E-state index in [1.807, 2.05) is 43.3 Å². The molecule has 3 aromatic rings. The Balaban J connectivity index is 1.78. The molecule has 1 heterocycles. The van der Waals surface area contributed by atoms with Gasteiger partial charge in [0, 0.05) is 11.8 Å². The second-order valence-corrected chi connectivity index (χ2v) is 6.11. The second kappa shape index (κ2) is 8.11. The number of nitrogens with zero attached hydrogens (tertiary/aromatic N) is 3. The zero-order chi connectivity index (χ0) is 19.2. The standard InChI is InChI=1S/C21H19N5O/c1-14(17-8-4-3-5-9-17)23-21(27)19-12-20(25-15(2)24-19)26-18-10-6-7-16(11-18)13-22/h3-12,14H,1-2H3,(H,23,27)(H,24,25,26). The predicted molar refractivity (Wildman–Crippen MR) is 104 cm³/mol. The van der Waals surface area contributed by atoms with Gasteiger partial charge in [0.05, 0.1) is 17.7 Å². The van der Waals surface area contributed by atoms with Crippen LogP contribution in [0.4, 0.5) is 11.5 Å². The lowest BCUT2D eigenvalue weighted by molar-refractivity contribution is 0.0934. The first-order valence-corrected chi connectivity index (χ1v) is 8.54. The molecule has 134 valence electrons. The molecule has 1 aromatic heterocycles. The van der Waals surface area contributed by atoms with Crippen molar-refractivity contribution in [1.82, 2.24) is 15.3 Å². The highest BCUT2D eigenvalue weighted by Crippen LogP contribution is 2.18. The third-order valence-electron chi connectivity index (χ3n) is 3.98. The summed E-state index contributed by atoms with van der Waals surface area (Å²) in [6, 6.07) is 20.3. The Labute approximate surface area is 157 Å². The molecule has 0 aliphatic rings. The molecule has 0 saturated heterocycles. The van der Waals surface area contributed by atoms with Gasteiger partial charge >= 0.3 is 0 Å². The summed E-state index contributed by atoms with van der Waals surface area (Å²) >= 11 is 0. The Hall–Kier alpha value is -3.72. The second-order valence-electron chi connectivity index (χ2n) is 6.11. The molecule has 0 saturated carbocycles. The molecule has 6 heteroatoms. The minimum Gasteiger partial charge on any atom is -0.344 e. The van der Waals surface area contributed by atoms with Crippen LogP contribution in [0.3, 0.4) is 0 Å². The van der Waals surface area contributed by atoms with Crippen molar-refractivity contribution in [2.75, 3.05) is 5.32 Å². The summed E-state index contributed by atoms with van der Waals surface area (Å²) in [5.74, 6) is 0.703. The van der Waals surface area contributed by atoms with Gasteiger partial charge in [-0.15, -0.1) is 0 Å². The summed E-state index contributed by atoms with van der Waals surface area (Å²) in [6.45, 7) is 3.65. The molecule has 0 aliphatic heterocycles. The van der Waals surface area contributed by atoms with Gasteiger partial charge in [0.2, 0.25) is 0 Å². The van der Waals surface area contributed by atoms with E-state index in [4.69, 9.17) is 5.26 Å². The van der Waals surface area contributed by atoms with Crippen molar-refractivity contribution in [3.63, 3.8) is 0 Å². The third kappa shape index (κ3) is 4.67. The lowest BCUT2D eigenvalue weighted by Gasteiger charge is -2.14. The largest absolute Gasteiger partial charge is 0.344 e. The van der Waals surface area contributed by atoms with Gasteiger partial charge in [-0.05, 0) is 37.6 Å². The smallest absolute Gasteiger partial charge is 0.270 e. The molecule has 0 bridgehead atoms. The van der Waals surface area contributed by atoms with Gasteiger partial charge < -0.3 is 10.6 Å². The molecule has 2 aromatic carbocycles. The first-order chi connectivity index (χ1) is 13.0. The molecule has 0 fully saturated rings. The zero-order valence-electron chi connectivity index (χ0n) is 15.1. The van der Waals surface area contributed by atoms with Crippen molar-refractivity contribution in [2.45, 2.75) is 19.9 Å². The highest BCUT2D eigenvalue weighted by molar-refractivity contribution is 5.93. The summed E-state index contributed by atoms with van der Waals surface area (Å²) in [5.41, 5.74) is 2.56. The Morgan fingerprint density at radius 3 is 2.59 bits per heavy atom. The van der Waals surface area contributed by atoms with Crippen LogP contribution in [-0.2, 0) is 0 Å². The van der Waals surface area contributed by atoms with Gasteiger partial charge in [-0.3, -0.25) is 4.79 Å². The van der Waals surface area contributed by atoms with Crippen LogP contribution in [-0.4, -0.2) is 15.9 Å². The number of hydrogen-bond donors (Lipinski definition) is 2. The van der Waals surface area contributed by atoms with Crippen LogP contribution in [0.5, 0.6) is 0 Å².